The van der Waals surface area contributed by atoms with Crippen LogP contribution in [0.4, 0.5) is 0 Å². The summed E-state index contributed by atoms with van der Waals surface area (Å²) in [4.78, 5) is 25.1. The van der Waals surface area contributed by atoms with Gasteiger partial charge in [-0.05, 0) is 57.3 Å². The minimum absolute atomic E-state index is 0.0398. The second-order valence-corrected chi connectivity index (χ2v) is 11.8. The van der Waals surface area contributed by atoms with Crippen LogP contribution < -0.4 is 0 Å². The van der Waals surface area contributed by atoms with Crippen LogP contribution in [0.1, 0.15) is 47.9 Å². The third-order valence-corrected chi connectivity index (χ3v) is 9.43. The van der Waals surface area contributed by atoms with Gasteiger partial charge in [0.15, 0.2) is 0 Å². The first-order valence-electron chi connectivity index (χ1n) is 13.8. The summed E-state index contributed by atoms with van der Waals surface area (Å²) in [5.41, 5.74) is 6.52. The number of rotatable bonds is 8. The number of fused-ring (bicyclic) bond motifs is 6. The molecular weight excluding hydrogens is 500 g/mol. The van der Waals surface area contributed by atoms with Crippen molar-refractivity contribution in [3.63, 3.8) is 0 Å². The van der Waals surface area contributed by atoms with E-state index in [4.69, 9.17) is 4.74 Å². The number of hydrogen-bond donors (Lipinski definition) is 2. The third-order valence-electron chi connectivity index (χ3n) is 9.43. The zero-order valence-corrected chi connectivity index (χ0v) is 22.1. The van der Waals surface area contributed by atoms with Gasteiger partial charge in [-0.3, -0.25) is 9.59 Å². The summed E-state index contributed by atoms with van der Waals surface area (Å²) < 4.78 is 5.92. The van der Waals surface area contributed by atoms with Crippen molar-refractivity contribution in [2.45, 2.75) is 36.5 Å². The Balaban J connectivity index is 1.41. The number of carboxylic acid groups (broad SMARTS) is 2. The van der Waals surface area contributed by atoms with Crippen molar-refractivity contribution in [2.24, 2.45) is 5.41 Å². The summed E-state index contributed by atoms with van der Waals surface area (Å²) >= 11 is 0. The summed E-state index contributed by atoms with van der Waals surface area (Å²) in [6.07, 6.45) is 1.04. The highest BCUT2D eigenvalue weighted by Gasteiger charge is 2.57. The van der Waals surface area contributed by atoms with Crippen LogP contribution >= 0.6 is 0 Å². The normalized spacial score (nSPS) is 18.1. The minimum atomic E-state index is -0.848. The highest BCUT2D eigenvalue weighted by atomic mass is 16.5. The van der Waals surface area contributed by atoms with E-state index in [1.165, 1.54) is 0 Å². The van der Waals surface area contributed by atoms with E-state index in [1.54, 1.807) is 0 Å². The molecule has 0 amide bonds. The van der Waals surface area contributed by atoms with E-state index in [-0.39, 0.29) is 12.8 Å². The molecule has 0 atom stereocenters. The van der Waals surface area contributed by atoms with Crippen LogP contribution in [0.5, 0.6) is 0 Å². The molecule has 200 valence electrons. The van der Waals surface area contributed by atoms with Crippen molar-refractivity contribution < 1.29 is 24.5 Å². The molecule has 1 aliphatic heterocycles. The maximum atomic E-state index is 12.5. The second-order valence-electron chi connectivity index (χ2n) is 11.8. The lowest BCUT2D eigenvalue weighted by Gasteiger charge is -2.51. The number of aliphatic carboxylic acids is 2. The molecule has 0 saturated carbocycles. The van der Waals surface area contributed by atoms with E-state index in [9.17, 15) is 19.8 Å². The van der Waals surface area contributed by atoms with E-state index >= 15 is 0 Å². The molecule has 1 heterocycles. The fourth-order valence-corrected chi connectivity index (χ4v) is 8.17. The van der Waals surface area contributed by atoms with Crippen LogP contribution in [0.3, 0.4) is 0 Å². The third kappa shape index (κ3) is 3.50. The van der Waals surface area contributed by atoms with Crippen LogP contribution in [0.2, 0.25) is 0 Å². The lowest BCUT2D eigenvalue weighted by Crippen LogP contribution is -2.52. The van der Waals surface area contributed by atoms with Gasteiger partial charge in [-0.25, -0.2) is 0 Å². The molecule has 4 aromatic rings. The zero-order chi connectivity index (χ0) is 27.5. The molecular formula is C35H30O5. The Morgan fingerprint density at radius 3 is 1.10 bits per heavy atom. The van der Waals surface area contributed by atoms with Crippen molar-refractivity contribution in [1.29, 1.82) is 0 Å². The minimum Gasteiger partial charge on any atom is -0.481 e. The number of hydrogen-bond acceptors (Lipinski definition) is 3. The molecule has 1 fully saturated rings. The van der Waals surface area contributed by atoms with Gasteiger partial charge >= 0.3 is 11.9 Å². The van der Waals surface area contributed by atoms with Crippen molar-refractivity contribution in [3.05, 3.63) is 119 Å². The first-order chi connectivity index (χ1) is 19.4. The molecule has 5 nitrogen and oxygen atoms in total. The van der Waals surface area contributed by atoms with Crippen molar-refractivity contribution in [3.8, 4) is 22.3 Å². The monoisotopic (exact) mass is 530 g/mol. The molecule has 3 aliphatic rings. The highest BCUT2D eigenvalue weighted by molar-refractivity contribution is 5.86. The number of benzene rings is 4. The molecule has 5 heteroatoms. The SMILES string of the molecule is O=C(O)CC1(CC2(CC3(CC(=O)O)c4ccccc4-c4ccccc43)COC2)c2ccccc2-c2ccccc21. The van der Waals surface area contributed by atoms with Crippen molar-refractivity contribution in [1.82, 2.24) is 0 Å². The Hall–Kier alpha value is -4.22. The maximum absolute atomic E-state index is 12.5. The molecule has 40 heavy (non-hydrogen) atoms. The summed E-state index contributed by atoms with van der Waals surface area (Å²) in [6, 6.07) is 32.6. The molecule has 0 bridgehead atoms. The number of carboxylic acids is 2. The van der Waals surface area contributed by atoms with Gasteiger partial charge in [0.2, 0.25) is 0 Å². The average Bonchev–Trinajstić information content (AvgIpc) is 3.35. The molecule has 7 rings (SSSR count). The van der Waals surface area contributed by atoms with Crippen molar-refractivity contribution >= 4 is 11.9 Å². The Bertz CT molecular complexity index is 1450. The first-order valence-corrected chi connectivity index (χ1v) is 13.8. The lowest BCUT2D eigenvalue weighted by molar-refractivity contribution is -0.149. The van der Waals surface area contributed by atoms with Gasteiger partial charge in [-0.15, -0.1) is 0 Å². The summed E-state index contributed by atoms with van der Waals surface area (Å²) in [7, 11) is 0. The van der Waals surface area contributed by atoms with Gasteiger partial charge in [0.1, 0.15) is 0 Å². The molecule has 0 radical (unpaired) electrons. The molecule has 0 spiro atoms. The van der Waals surface area contributed by atoms with E-state index in [0.29, 0.717) is 26.1 Å². The predicted octanol–water partition coefficient (Wildman–Crippen LogP) is 6.67. The van der Waals surface area contributed by atoms with Crippen LogP contribution in [-0.2, 0) is 25.2 Å². The van der Waals surface area contributed by atoms with Gasteiger partial charge in [-0.1, -0.05) is 97.1 Å². The maximum Gasteiger partial charge on any atom is 0.304 e. The molecule has 1 saturated heterocycles. The average molecular weight is 531 g/mol. The van der Waals surface area contributed by atoms with Crippen LogP contribution in [0.25, 0.3) is 22.3 Å². The smallest absolute Gasteiger partial charge is 0.304 e. The van der Waals surface area contributed by atoms with Crippen molar-refractivity contribution in [2.75, 3.05) is 13.2 Å². The Kier molecular flexibility index (Phi) is 5.52. The Morgan fingerprint density at radius 2 is 0.850 bits per heavy atom. The highest BCUT2D eigenvalue weighted by Crippen LogP contribution is 2.62. The molecule has 0 unspecified atom stereocenters. The Labute approximate surface area is 233 Å². The summed E-state index contributed by atoms with van der Waals surface area (Å²) in [6.45, 7) is 0.925. The standard InChI is InChI=1S/C35H30O5/c36-31(37)17-34(27-13-5-1-9-23(27)24-10-2-6-14-28(24)34)19-33(21-40-22-33)20-35(18-32(38)39)29-15-7-3-11-25(29)26-12-4-8-16-30(26)35/h1-16H,17-22H2,(H,36,37)(H,38,39). The van der Waals surface area contributed by atoms with Gasteiger partial charge < -0.3 is 14.9 Å². The zero-order valence-electron chi connectivity index (χ0n) is 22.1. The van der Waals surface area contributed by atoms with E-state index < -0.39 is 28.2 Å². The number of ether oxygens (including phenoxy) is 1. The van der Waals surface area contributed by atoms with Crippen LogP contribution in [0, 0.1) is 5.41 Å². The molecule has 2 N–H and O–H groups in total. The fourth-order valence-electron chi connectivity index (χ4n) is 8.17. The van der Waals surface area contributed by atoms with Crippen LogP contribution in [-0.4, -0.2) is 35.4 Å². The quantitative estimate of drug-likeness (QED) is 0.266. The van der Waals surface area contributed by atoms with E-state index in [2.05, 4.69) is 48.5 Å². The molecule has 0 aromatic heterocycles. The predicted molar refractivity (Wildman–Crippen MR) is 152 cm³/mol. The van der Waals surface area contributed by atoms with E-state index in [0.717, 1.165) is 44.5 Å². The van der Waals surface area contributed by atoms with Gasteiger partial charge in [0, 0.05) is 16.2 Å². The van der Waals surface area contributed by atoms with Crippen LogP contribution in [0.15, 0.2) is 97.1 Å². The Morgan fingerprint density at radius 1 is 0.550 bits per heavy atom. The number of carbonyl (C=O) groups is 2. The van der Waals surface area contributed by atoms with Gasteiger partial charge in [-0.2, -0.15) is 0 Å². The summed E-state index contributed by atoms with van der Waals surface area (Å²) in [5, 5.41) is 20.6. The second kappa shape index (κ2) is 8.90. The van der Waals surface area contributed by atoms with Gasteiger partial charge in [0.05, 0.1) is 26.1 Å². The summed E-state index contributed by atoms with van der Waals surface area (Å²) in [5.74, 6) is -1.70. The largest absolute Gasteiger partial charge is 0.481 e. The lowest BCUT2D eigenvalue weighted by atomic mass is 9.57. The van der Waals surface area contributed by atoms with E-state index in [1.807, 2.05) is 48.5 Å². The molecule has 4 aromatic carbocycles. The first kappa shape index (κ1) is 24.8. The molecule has 2 aliphatic carbocycles. The van der Waals surface area contributed by atoms with Gasteiger partial charge in [0.25, 0.3) is 0 Å². The topological polar surface area (TPSA) is 83.8 Å². The fraction of sp³-hybridized carbons (Fsp3) is 0.257.